The highest BCUT2D eigenvalue weighted by atomic mass is 79.9. The number of nitrogens with zero attached hydrogens (tertiary/aromatic N) is 1. The fraction of sp³-hybridized carbons (Fsp3) is 0.357. The number of rotatable bonds is 7. The molecule has 7 heteroatoms. The van der Waals surface area contributed by atoms with Gasteiger partial charge in [-0.15, -0.1) is 0 Å². The zero-order valence-corrected chi connectivity index (χ0v) is 14.0. The zero-order valence-electron chi connectivity index (χ0n) is 11.6. The fourth-order valence-corrected chi connectivity index (χ4v) is 3.79. The standard InChI is InChI=1S/C14H17BrN2O3S/c1-20-10-12(15)5-8-17-21(18,19)14-4-2-3-11-9-16-7-6-13(11)14/h2-4,6-7,9,12,17H,5,8,10H2,1H3. The molecule has 0 aliphatic rings. The third kappa shape index (κ3) is 4.23. The Morgan fingerprint density at radius 1 is 1.38 bits per heavy atom. The molecule has 21 heavy (non-hydrogen) atoms. The Balaban J connectivity index is 2.15. The van der Waals surface area contributed by atoms with E-state index in [4.69, 9.17) is 4.74 Å². The summed E-state index contributed by atoms with van der Waals surface area (Å²) in [5.74, 6) is 0. The van der Waals surface area contributed by atoms with Gasteiger partial charge >= 0.3 is 0 Å². The molecule has 2 aromatic rings. The monoisotopic (exact) mass is 372 g/mol. The summed E-state index contributed by atoms with van der Waals surface area (Å²) < 4.78 is 32.4. The van der Waals surface area contributed by atoms with Crippen LogP contribution in [0.2, 0.25) is 0 Å². The van der Waals surface area contributed by atoms with Crippen LogP contribution in [-0.4, -0.2) is 38.5 Å². The first kappa shape index (κ1) is 16.4. The lowest BCUT2D eigenvalue weighted by atomic mass is 10.2. The number of alkyl halides is 1. The lowest BCUT2D eigenvalue weighted by Crippen LogP contribution is -2.27. The second-order valence-corrected chi connectivity index (χ2v) is 7.62. The van der Waals surface area contributed by atoms with Gasteiger partial charge in [0.1, 0.15) is 0 Å². The van der Waals surface area contributed by atoms with Crippen molar-refractivity contribution in [2.24, 2.45) is 0 Å². The molecule has 0 aliphatic carbocycles. The molecule has 0 amide bonds. The van der Waals surface area contributed by atoms with Crippen LogP contribution in [0.15, 0.2) is 41.6 Å². The van der Waals surface area contributed by atoms with E-state index in [1.54, 1.807) is 37.7 Å². The van der Waals surface area contributed by atoms with Crippen LogP contribution in [-0.2, 0) is 14.8 Å². The molecule has 1 heterocycles. The molecule has 114 valence electrons. The number of hydrogen-bond donors (Lipinski definition) is 1. The number of hydrogen-bond acceptors (Lipinski definition) is 4. The summed E-state index contributed by atoms with van der Waals surface area (Å²) in [4.78, 5) is 4.41. The number of methoxy groups -OCH3 is 1. The van der Waals surface area contributed by atoms with Gasteiger partial charge < -0.3 is 4.74 Å². The van der Waals surface area contributed by atoms with Crippen molar-refractivity contribution in [1.82, 2.24) is 9.71 Å². The van der Waals surface area contributed by atoms with Crippen molar-refractivity contribution >= 4 is 36.7 Å². The average molecular weight is 373 g/mol. The maximum atomic E-state index is 12.4. The molecule has 1 aromatic heterocycles. The van der Waals surface area contributed by atoms with E-state index in [9.17, 15) is 8.42 Å². The molecule has 1 unspecified atom stereocenters. The summed E-state index contributed by atoms with van der Waals surface area (Å²) in [5, 5.41) is 1.48. The predicted octanol–water partition coefficient (Wildman–Crippen LogP) is 2.31. The van der Waals surface area contributed by atoms with Crippen LogP contribution >= 0.6 is 15.9 Å². The van der Waals surface area contributed by atoms with Gasteiger partial charge in [-0.2, -0.15) is 0 Å². The Bertz CT molecular complexity index is 701. The molecule has 0 aliphatic heterocycles. The molecule has 0 saturated carbocycles. The summed E-state index contributed by atoms with van der Waals surface area (Å²) in [6, 6.07) is 6.87. The van der Waals surface area contributed by atoms with Crippen LogP contribution in [0.25, 0.3) is 10.8 Å². The zero-order chi connectivity index (χ0) is 15.3. The van der Waals surface area contributed by atoms with E-state index >= 15 is 0 Å². The van der Waals surface area contributed by atoms with E-state index in [1.807, 2.05) is 6.07 Å². The Morgan fingerprint density at radius 3 is 2.95 bits per heavy atom. The first-order chi connectivity index (χ1) is 10.0. The van der Waals surface area contributed by atoms with Crippen LogP contribution in [0.1, 0.15) is 6.42 Å². The molecule has 0 fully saturated rings. The minimum Gasteiger partial charge on any atom is -0.384 e. The van der Waals surface area contributed by atoms with Gasteiger partial charge in [0.2, 0.25) is 10.0 Å². The van der Waals surface area contributed by atoms with Gasteiger partial charge in [-0.25, -0.2) is 13.1 Å². The van der Waals surface area contributed by atoms with Crippen LogP contribution in [0.5, 0.6) is 0 Å². The first-order valence-electron chi connectivity index (χ1n) is 6.50. The minimum absolute atomic E-state index is 0.127. The predicted molar refractivity (Wildman–Crippen MR) is 86.1 cm³/mol. The van der Waals surface area contributed by atoms with Gasteiger partial charge in [0.05, 0.1) is 11.5 Å². The third-order valence-electron chi connectivity index (χ3n) is 3.03. The number of pyridine rings is 1. The maximum absolute atomic E-state index is 12.4. The van der Waals surface area contributed by atoms with Crippen LogP contribution in [0, 0.1) is 0 Å². The molecule has 0 spiro atoms. The van der Waals surface area contributed by atoms with Gasteiger partial charge in [0, 0.05) is 41.6 Å². The van der Waals surface area contributed by atoms with Crippen molar-refractivity contribution in [1.29, 1.82) is 0 Å². The Morgan fingerprint density at radius 2 is 2.19 bits per heavy atom. The largest absolute Gasteiger partial charge is 0.384 e. The number of nitrogens with one attached hydrogen (secondary N) is 1. The van der Waals surface area contributed by atoms with Crippen LogP contribution < -0.4 is 4.72 Å². The van der Waals surface area contributed by atoms with E-state index in [-0.39, 0.29) is 9.72 Å². The quantitative estimate of drug-likeness (QED) is 0.757. The highest BCUT2D eigenvalue weighted by Gasteiger charge is 2.17. The van der Waals surface area contributed by atoms with Gasteiger partial charge in [0.15, 0.2) is 0 Å². The van der Waals surface area contributed by atoms with Crippen molar-refractivity contribution in [2.75, 3.05) is 20.3 Å². The molecular formula is C14H17BrN2O3S. The molecule has 1 aromatic carbocycles. The molecule has 0 radical (unpaired) electrons. The number of sulfonamides is 1. The summed E-state index contributed by atoms with van der Waals surface area (Å²) in [6.07, 6.45) is 3.90. The lowest BCUT2D eigenvalue weighted by Gasteiger charge is -2.11. The van der Waals surface area contributed by atoms with Crippen LogP contribution in [0.3, 0.4) is 0 Å². The summed E-state index contributed by atoms with van der Waals surface area (Å²) in [6.45, 7) is 0.894. The number of aromatic nitrogens is 1. The van der Waals surface area contributed by atoms with E-state index in [2.05, 4.69) is 25.6 Å². The first-order valence-corrected chi connectivity index (χ1v) is 8.90. The van der Waals surface area contributed by atoms with Crippen molar-refractivity contribution < 1.29 is 13.2 Å². The SMILES string of the molecule is COCC(Br)CCNS(=O)(=O)c1cccc2cnccc12. The Kier molecular flexibility index (Phi) is 5.69. The maximum Gasteiger partial charge on any atom is 0.241 e. The fourth-order valence-electron chi connectivity index (χ4n) is 2.02. The van der Waals surface area contributed by atoms with Crippen molar-refractivity contribution in [2.45, 2.75) is 16.1 Å². The van der Waals surface area contributed by atoms with E-state index in [0.717, 1.165) is 5.39 Å². The summed E-state index contributed by atoms with van der Waals surface area (Å²) >= 11 is 3.43. The van der Waals surface area contributed by atoms with E-state index < -0.39 is 10.0 Å². The summed E-state index contributed by atoms with van der Waals surface area (Å²) in [7, 11) is -1.92. The number of fused-ring (bicyclic) bond motifs is 1. The van der Waals surface area contributed by atoms with Gasteiger partial charge in [-0.3, -0.25) is 4.98 Å². The molecule has 1 atom stereocenters. The van der Waals surface area contributed by atoms with Crippen LogP contribution in [0.4, 0.5) is 0 Å². The molecule has 1 N–H and O–H groups in total. The number of benzene rings is 1. The third-order valence-corrected chi connectivity index (χ3v) is 5.27. The Labute approximate surface area is 132 Å². The highest BCUT2D eigenvalue weighted by molar-refractivity contribution is 9.09. The smallest absolute Gasteiger partial charge is 0.241 e. The number of halogens is 1. The Hall–Kier alpha value is -1.02. The van der Waals surface area contributed by atoms with E-state index in [1.165, 1.54) is 0 Å². The second kappa shape index (κ2) is 7.31. The molecule has 5 nitrogen and oxygen atoms in total. The minimum atomic E-state index is -3.54. The van der Waals surface area contributed by atoms with Gasteiger partial charge in [-0.05, 0) is 18.6 Å². The molecule has 0 bridgehead atoms. The number of ether oxygens (including phenoxy) is 1. The highest BCUT2D eigenvalue weighted by Crippen LogP contribution is 2.21. The molecular weight excluding hydrogens is 356 g/mol. The van der Waals surface area contributed by atoms with E-state index in [0.29, 0.717) is 25.0 Å². The average Bonchev–Trinajstić information content (AvgIpc) is 2.46. The molecule has 0 saturated heterocycles. The van der Waals surface area contributed by atoms with Crippen molar-refractivity contribution in [3.63, 3.8) is 0 Å². The topological polar surface area (TPSA) is 68.3 Å². The van der Waals surface area contributed by atoms with Crippen molar-refractivity contribution in [3.05, 3.63) is 36.7 Å². The molecule has 2 rings (SSSR count). The lowest BCUT2D eigenvalue weighted by molar-refractivity contribution is 0.199. The van der Waals surface area contributed by atoms with Crippen molar-refractivity contribution in [3.8, 4) is 0 Å². The second-order valence-electron chi connectivity index (χ2n) is 4.59. The van der Waals surface area contributed by atoms with Gasteiger partial charge in [0.25, 0.3) is 0 Å². The van der Waals surface area contributed by atoms with Gasteiger partial charge in [-0.1, -0.05) is 28.1 Å². The normalized spacial score (nSPS) is 13.4. The summed E-state index contributed by atoms with van der Waals surface area (Å²) in [5.41, 5.74) is 0.